The molecule has 3 aliphatic rings. The van der Waals surface area contributed by atoms with Crippen LogP contribution in [-0.4, -0.2) is 49.5 Å². The summed E-state index contributed by atoms with van der Waals surface area (Å²) in [5, 5.41) is 22.1. The number of carbonyl (C=O) groups is 2. The predicted octanol–water partition coefficient (Wildman–Crippen LogP) is 4.03. The van der Waals surface area contributed by atoms with Crippen molar-refractivity contribution in [1.29, 1.82) is 0 Å². The molecule has 2 amide bonds. The summed E-state index contributed by atoms with van der Waals surface area (Å²) in [7, 11) is 1.60. The van der Waals surface area contributed by atoms with Gasteiger partial charge < -0.3 is 20.7 Å². The number of nitrogens with zero attached hydrogens (tertiary/aromatic N) is 5. The molecular formula is C25H30F2N8O3S. The fourth-order valence-electron chi connectivity index (χ4n) is 5.13. The van der Waals surface area contributed by atoms with E-state index in [0.717, 1.165) is 49.0 Å². The molecule has 208 valence electrons. The van der Waals surface area contributed by atoms with E-state index in [2.05, 4.69) is 36.0 Å². The minimum Gasteiger partial charge on any atom is -0.415 e. The number of fused-ring (bicyclic) bond motifs is 1. The summed E-state index contributed by atoms with van der Waals surface area (Å²) < 4.78 is 32.9. The van der Waals surface area contributed by atoms with Crippen molar-refractivity contribution in [3.8, 4) is 5.88 Å². The van der Waals surface area contributed by atoms with E-state index in [4.69, 9.17) is 0 Å². The molecule has 14 heteroatoms. The topological polar surface area (TPSA) is 128 Å². The Kier molecular flexibility index (Phi) is 6.95. The highest BCUT2D eigenvalue weighted by Crippen LogP contribution is 2.43. The maximum atomic E-state index is 13.5. The van der Waals surface area contributed by atoms with Gasteiger partial charge in [0.1, 0.15) is 17.1 Å². The van der Waals surface area contributed by atoms with Crippen molar-refractivity contribution >= 4 is 39.9 Å². The normalized spacial score (nSPS) is 18.9. The third kappa shape index (κ3) is 5.47. The fourth-order valence-corrected chi connectivity index (χ4v) is 6.38. The van der Waals surface area contributed by atoms with Gasteiger partial charge in [-0.1, -0.05) is 6.42 Å². The fraction of sp³-hybridized carbons (Fsp3) is 0.560. The highest BCUT2D eigenvalue weighted by molar-refractivity contribution is 7.17. The number of thiophene rings is 1. The number of rotatable bonds is 10. The number of hydrogen-bond donors (Lipinski definition) is 3. The van der Waals surface area contributed by atoms with Crippen molar-refractivity contribution in [2.75, 3.05) is 17.2 Å². The summed E-state index contributed by atoms with van der Waals surface area (Å²) in [6, 6.07) is 1.31. The first-order chi connectivity index (χ1) is 18.9. The number of halogens is 2. The minimum atomic E-state index is -2.97. The predicted molar refractivity (Wildman–Crippen MR) is 140 cm³/mol. The SMILES string of the molecule is Cn1nc(OC(F)F)cc1Nc1nncn1[C@H]1CCc2sc(NC(=O)C3CC3)c(C(=O)NCC3CCC3)c2C1. The Morgan fingerprint density at radius 3 is 2.77 bits per heavy atom. The maximum Gasteiger partial charge on any atom is 0.388 e. The molecule has 39 heavy (non-hydrogen) atoms. The molecule has 0 unspecified atom stereocenters. The number of aryl methyl sites for hydroxylation is 2. The van der Waals surface area contributed by atoms with Crippen LogP contribution in [0, 0.1) is 11.8 Å². The second-order valence-corrected chi connectivity index (χ2v) is 11.5. The van der Waals surface area contributed by atoms with Gasteiger partial charge in [0, 0.05) is 36.5 Å². The monoisotopic (exact) mass is 560 g/mol. The number of amides is 2. The Bertz CT molecular complexity index is 1380. The van der Waals surface area contributed by atoms with Crippen LogP contribution in [0.4, 0.5) is 25.5 Å². The Labute approximate surface area is 227 Å². The van der Waals surface area contributed by atoms with E-state index >= 15 is 0 Å². The largest absolute Gasteiger partial charge is 0.415 e. The molecule has 11 nitrogen and oxygen atoms in total. The number of ether oxygens (including phenoxy) is 1. The van der Waals surface area contributed by atoms with Gasteiger partial charge >= 0.3 is 6.61 Å². The molecule has 6 rings (SSSR count). The van der Waals surface area contributed by atoms with Crippen LogP contribution in [0.5, 0.6) is 5.88 Å². The van der Waals surface area contributed by atoms with E-state index in [1.807, 2.05) is 4.57 Å². The van der Waals surface area contributed by atoms with Gasteiger partial charge in [0.2, 0.25) is 17.7 Å². The number of anilines is 3. The lowest BCUT2D eigenvalue weighted by Gasteiger charge is -2.26. The van der Waals surface area contributed by atoms with Crippen LogP contribution in [-0.2, 0) is 24.7 Å². The molecule has 0 radical (unpaired) electrons. The highest BCUT2D eigenvalue weighted by Gasteiger charge is 2.35. The quantitative estimate of drug-likeness (QED) is 0.342. The number of hydrogen-bond acceptors (Lipinski definition) is 8. The molecule has 0 aromatic carbocycles. The van der Waals surface area contributed by atoms with Gasteiger partial charge in [0.15, 0.2) is 0 Å². The summed E-state index contributed by atoms with van der Waals surface area (Å²) >= 11 is 1.50. The van der Waals surface area contributed by atoms with Crippen LogP contribution in [0.15, 0.2) is 12.4 Å². The van der Waals surface area contributed by atoms with Crippen LogP contribution in [0.2, 0.25) is 0 Å². The molecule has 1 atom stereocenters. The van der Waals surface area contributed by atoms with E-state index in [9.17, 15) is 18.4 Å². The van der Waals surface area contributed by atoms with Crippen LogP contribution in [0.3, 0.4) is 0 Å². The van der Waals surface area contributed by atoms with E-state index in [0.29, 0.717) is 41.2 Å². The van der Waals surface area contributed by atoms with Crippen molar-refractivity contribution in [2.24, 2.45) is 18.9 Å². The molecule has 0 saturated heterocycles. The van der Waals surface area contributed by atoms with Crippen molar-refractivity contribution < 1.29 is 23.1 Å². The second-order valence-electron chi connectivity index (χ2n) is 10.4. The van der Waals surface area contributed by atoms with Gasteiger partial charge in [-0.25, -0.2) is 4.68 Å². The van der Waals surface area contributed by atoms with E-state index in [-0.39, 0.29) is 29.7 Å². The molecule has 2 fully saturated rings. The minimum absolute atomic E-state index is 0.0187. The van der Waals surface area contributed by atoms with E-state index in [1.54, 1.807) is 13.4 Å². The zero-order valence-corrected chi connectivity index (χ0v) is 22.3. The molecule has 0 aliphatic heterocycles. The Hall–Kier alpha value is -3.55. The zero-order chi connectivity index (χ0) is 27.1. The Morgan fingerprint density at radius 2 is 2.05 bits per heavy atom. The van der Waals surface area contributed by atoms with Gasteiger partial charge in [0.25, 0.3) is 5.91 Å². The Balaban J connectivity index is 1.23. The third-order valence-corrected chi connectivity index (χ3v) is 8.90. The average molecular weight is 561 g/mol. The lowest BCUT2D eigenvalue weighted by Crippen LogP contribution is -2.33. The van der Waals surface area contributed by atoms with Crippen molar-refractivity contribution in [1.82, 2.24) is 29.9 Å². The van der Waals surface area contributed by atoms with Crippen LogP contribution in [0.1, 0.15) is 65.4 Å². The number of aromatic nitrogens is 5. The number of nitrogens with one attached hydrogen (secondary N) is 3. The lowest BCUT2D eigenvalue weighted by atomic mass is 9.85. The van der Waals surface area contributed by atoms with Gasteiger partial charge in [-0.05, 0) is 56.4 Å². The smallest absolute Gasteiger partial charge is 0.388 e. The van der Waals surface area contributed by atoms with Crippen molar-refractivity contribution in [2.45, 2.75) is 64.0 Å². The van der Waals surface area contributed by atoms with Gasteiger partial charge in [-0.3, -0.25) is 14.2 Å². The first-order valence-corrected chi connectivity index (χ1v) is 14.1. The second kappa shape index (κ2) is 10.5. The van der Waals surface area contributed by atoms with Gasteiger partial charge in [-0.15, -0.1) is 26.6 Å². The molecule has 3 aromatic rings. The molecule has 3 heterocycles. The zero-order valence-electron chi connectivity index (χ0n) is 21.5. The summed E-state index contributed by atoms with van der Waals surface area (Å²) in [5.74, 6) is 1.01. The summed E-state index contributed by atoms with van der Waals surface area (Å²) in [6.45, 7) is -2.33. The maximum absolute atomic E-state index is 13.5. The first kappa shape index (κ1) is 25.7. The molecular weight excluding hydrogens is 530 g/mol. The summed E-state index contributed by atoms with van der Waals surface area (Å²) in [5.41, 5.74) is 1.51. The molecule has 3 aromatic heterocycles. The van der Waals surface area contributed by atoms with Crippen molar-refractivity contribution in [3.05, 3.63) is 28.4 Å². The lowest BCUT2D eigenvalue weighted by molar-refractivity contribution is -0.117. The molecule has 0 spiro atoms. The van der Waals surface area contributed by atoms with Gasteiger partial charge in [-0.2, -0.15) is 8.78 Å². The third-order valence-electron chi connectivity index (χ3n) is 7.70. The van der Waals surface area contributed by atoms with E-state index < -0.39 is 6.61 Å². The van der Waals surface area contributed by atoms with E-state index in [1.165, 1.54) is 28.5 Å². The molecule has 0 bridgehead atoms. The summed E-state index contributed by atoms with van der Waals surface area (Å²) in [6.07, 6.45) is 8.94. The highest BCUT2D eigenvalue weighted by atomic mass is 32.1. The summed E-state index contributed by atoms with van der Waals surface area (Å²) in [4.78, 5) is 27.2. The molecule has 3 aliphatic carbocycles. The number of alkyl halides is 2. The molecule has 2 saturated carbocycles. The molecule has 3 N–H and O–H groups in total. The van der Waals surface area contributed by atoms with Crippen molar-refractivity contribution in [3.63, 3.8) is 0 Å². The standard InChI is InChI=1S/C25H30F2N8O3S/c1-34-18(10-19(33-34)38-24(26)27)30-25-32-29-12-35(25)15-7-8-17-16(9-15)20(22(37)28-11-13-3-2-4-13)23(39-17)31-21(36)14-5-6-14/h10,12-15,24H,2-9,11H2,1H3,(H,28,37)(H,30,32)(H,31,36)/t15-/m0/s1. The van der Waals surface area contributed by atoms with Crippen LogP contribution < -0.4 is 20.7 Å². The van der Waals surface area contributed by atoms with Crippen LogP contribution in [0.25, 0.3) is 0 Å². The van der Waals surface area contributed by atoms with Gasteiger partial charge in [0.05, 0.1) is 5.56 Å². The first-order valence-electron chi connectivity index (χ1n) is 13.2. The number of carbonyl (C=O) groups excluding carboxylic acids is 2. The average Bonchev–Trinajstić information content (AvgIpc) is 3.38. The van der Waals surface area contributed by atoms with Crippen LogP contribution >= 0.6 is 11.3 Å². The Morgan fingerprint density at radius 1 is 1.23 bits per heavy atom.